The number of aromatic nitrogens is 3. The van der Waals surface area contributed by atoms with Crippen LogP contribution in [0.4, 0.5) is 14.5 Å². The molecule has 0 spiro atoms. The van der Waals surface area contributed by atoms with E-state index in [9.17, 15) is 18.4 Å². The Bertz CT molecular complexity index is 1370. The zero-order valence-corrected chi connectivity index (χ0v) is 17.4. The Morgan fingerprint density at radius 2 is 1.75 bits per heavy atom. The van der Waals surface area contributed by atoms with Crippen molar-refractivity contribution < 1.29 is 23.1 Å². The summed E-state index contributed by atoms with van der Waals surface area (Å²) in [6, 6.07) is 12.3. The van der Waals surface area contributed by atoms with Gasteiger partial charge in [-0.2, -0.15) is 5.10 Å². The van der Waals surface area contributed by atoms with E-state index in [1.807, 2.05) is 30.3 Å². The molecule has 0 fully saturated rings. The summed E-state index contributed by atoms with van der Waals surface area (Å²) in [5, 5.41) is 7.27. The standard InChI is InChI=1S/C23H18F2N4O3/c1-12-20-15(10-18(13-7-5-4-6-8-13)26-21(20)29(2)28-12)22(30)27-19-9-14(23(31)32-3)16(24)11-17(19)25/h4-11H,1-3H3,(H,27,30). The molecule has 7 nitrogen and oxygen atoms in total. The number of aryl methyl sites for hydroxylation is 2. The lowest BCUT2D eigenvalue weighted by Gasteiger charge is -2.11. The van der Waals surface area contributed by atoms with E-state index in [0.717, 1.165) is 18.7 Å². The molecule has 0 bridgehead atoms. The van der Waals surface area contributed by atoms with Gasteiger partial charge in [-0.25, -0.2) is 18.6 Å². The summed E-state index contributed by atoms with van der Waals surface area (Å²) < 4.78 is 34.4. The minimum atomic E-state index is -1.09. The minimum Gasteiger partial charge on any atom is -0.465 e. The SMILES string of the molecule is COC(=O)c1cc(NC(=O)c2cc(-c3ccccc3)nc3c2c(C)nn3C)c(F)cc1F. The summed E-state index contributed by atoms with van der Waals surface area (Å²) in [5.74, 6) is -3.76. The van der Waals surface area contributed by atoms with E-state index in [4.69, 9.17) is 0 Å². The van der Waals surface area contributed by atoms with Gasteiger partial charge >= 0.3 is 5.97 Å². The molecule has 0 aliphatic carbocycles. The molecular weight excluding hydrogens is 418 g/mol. The van der Waals surface area contributed by atoms with Gasteiger partial charge in [0.15, 0.2) is 5.65 Å². The quantitative estimate of drug-likeness (QED) is 0.483. The predicted molar refractivity (Wildman–Crippen MR) is 114 cm³/mol. The maximum atomic E-state index is 14.4. The molecule has 0 atom stereocenters. The highest BCUT2D eigenvalue weighted by Crippen LogP contribution is 2.28. The van der Waals surface area contributed by atoms with Gasteiger partial charge in [0.1, 0.15) is 11.6 Å². The maximum absolute atomic E-state index is 14.4. The third-order valence-electron chi connectivity index (χ3n) is 4.99. The average molecular weight is 436 g/mol. The normalized spacial score (nSPS) is 10.9. The Morgan fingerprint density at radius 3 is 2.44 bits per heavy atom. The van der Waals surface area contributed by atoms with Gasteiger partial charge in [0.25, 0.3) is 5.91 Å². The second-order valence-corrected chi connectivity index (χ2v) is 7.09. The van der Waals surface area contributed by atoms with Crippen LogP contribution in [0.15, 0.2) is 48.5 Å². The number of carbonyl (C=O) groups excluding carboxylic acids is 2. The molecule has 0 aliphatic heterocycles. The molecule has 0 saturated carbocycles. The maximum Gasteiger partial charge on any atom is 0.340 e. The van der Waals surface area contributed by atoms with E-state index < -0.39 is 29.1 Å². The van der Waals surface area contributed by atoms with E-state index in [1.165, 1.54) is 0 Å². The molecule has 0 unspecified atom stereocenters. The second-order valence-electron chi connectivity index (χ2n) is 7.09. The van der Waals surface area contributed by atoms with Crippen molar-refractivity contribution in [2.45, 2.75) is 6.92 Å². The highest BCUT2D eigenvalue weighted by atomic mass is 19.1. The Morgan fingerprint density at radius 1 is 1.03 bits per heavy atom. The van der Waals surface area contributed by atoms with E-state index in [-0.39, 0.29) is 11.3 Å². The number of carbonyl (C=O) groups is 2. The molecule has 0 saturated heterocycles. The Hall–Kier alpha value is -4.14. The van der Waals surface area contributed by atoms with Crippen LogP contribution in [0.1, 0.15) is 26.4 Å². The minimum absolute atomic E-state index is 0.211. The molecular formula is C23H18F2N4O3. The number of halogens is 2. The number of hydrogen-bond acceptors (Lipinski definition) is 5. The largest absolute Gasteiger partial charge is 0.465 e. The molecule has 2 heterocycles. The van der Waals surface area contributed by atoms with Crippen LogP contribution < -0.4 is 5.32 Å². The second kappa shape index (κ2) is 8.18. The van der Waals surface area contributed by atoms with Crippen LogP contribution in [0.2, 0.25) is 0 Å². The van der Waals surface area contributed by atoms with Gasteiger partial charge in [-0.15, -0.1) is 0 Å². The van der Waals surface area contributed by atoms with Gasteiger partial charge in [0.2, 0.25) is 0 Å². The molecule has 0 aliphatic rings. The molecule has 32 heavy (non-hydrogen) atoms. The third kappa shape index (κ3) is 3.68. The summed E-state index contributed by atoms with van der Waals surface area (Å²) in [4.78, 5) is 29.6. The summed E-state index contributed by atoms with van der Waals surface area (Å²) in [7, 11) is 2.79. The first-order valence-electron chi connectivity index (χ1n) is 9.58. The number of amides is 1. The van der Waals surface area contributed by atoms with Crippen molar-refractivity contribution in [1.29, 1.82) is 0 Å². The van der Waals surface area contributed by atoms with Crippen LogP contribution in [0.3, 0.4) is 0 Å². The lowest BCUT2D eigenvalue weighted by Crippen LogP contribution is -2.16. The number of ether oxygens (including phenoxy) is 1. The third-order valence-corrected chi connectivity index (χ3v) is 4.99. The van der Waals surface area contributed by atoms with Crippen molar-refractivity contribution in [1.82, 2.24) is 14.8 Å². The van der Waals surface area contributed by atoms with Gasteiger partial charge < -0.3 is 10.1 Å². The van der Waals surface area contributed by atoms with E-state index in [2.05, 4.69) is 20.1 Å². The molecule has 2 aromatic heterocycles. The number of nitrogens with zero attached hydrogens (tertiary/aromatic N) is 3. The first-order chi connectivity index (χ1) is 15.3. The highest BCUT2D eigenvalue weighted by Gasteiger charge is 2.22. The van der Waals surface area contributed by atoms with Crippen LogP contribution >= 0.6 is 0 Å². The number of esters is 1. The molecule has 162 valence electrons. The number of benzene rings is 2. The van der Waals surface area contributed by atoms with E-state index in [0.29, 0.717) is 28.5 Å². The van der Waals surface area contributed by atoms with Crippen molar-refractivity contribution in [3.05, 3.63) is 77.0 Å². The number of fused-ring (bicyclic) bond motifs is 1. The number of anilines is 1. The summed E-state index contributed by atoms with van der Waals surface area (Å²) >= 11 is 0. The molecule has 0 radical (unpaired) electrons. The summed E-state index contributed by atoms with van der Waals surface area (Å²) in [6.45, 7) is 1.73. The van der Waals surface area contributed by atoms with Crippen LogP contribution in [-0.2, 0) is 11.8 Å². The van der Waals surface area contributed by atoms with Crippen molar-refractivity contribution in [2.24, 2.45) is 7.05 Å². The van der Waals surface area contributed by atoms with Crippen molar-refractivity contribution in [3.8, 4) is 11.3 Å². The van der Waals surface area contributed by atoms with Crippen LogP contribution in [0.5, 0.6) is 0 Å². The van der Waals surface area contributed by atoms with Gasteiger partial charge in [-0.1, -0.05) is 30.3 Å². The number of rotatable bonds is 4. The predicted octanol–water partition coefficient (Wildman–Crippen LogP) is 4.26. The summed E-state index contributed by atoms with van der Waals surface area (Å²) in [6.07, 6.45) is 0. The fraction of sp³-hybridized carbons (Fsp3) is 0.130. The lowest BCUT2D eigenvalue weighted by atomic mass is 10.0. The van der Waals surface area contributed by atoms with Gasteiger partial charge in [-0.05, 0) is 19.1 Å². The van der Waals surface area contributed by atoms with Crippen LogP contribution in [-0.4, -0.2) is 33.8 Å². The highest BCUT2D eigenvalue weighted by molar-refractivity contribution is 6.13. The van der Waals surface area contributed by atoms with Crippen molar-refractivity contribution in [3.63, 3.8) is 0 Å². The lowest BCUT2D eigenvalue weighted by molar-refractivity contribution is 0.0595. The monoisotopic (exact) mass is 436 g/mol. The van der Waals surface area contributed by atoms with Gasteiger partial charge in [-0.3, -0.25) is 9.48 Å². The van der Waals surface area contributed by atoms with Gasteiger partial charge in [0, 0.05) is 18.7 Å². The molecule has 1 amide bonds. The Kier molecular flexibility index (Phi) is 5.40. The fourth-order valence-corrected chi connectivity index (χ4v) is 3.48. The average Bonchev–Trinajstić information content (AvgIpc) is 3.08. The fourth-order valence-electron chi connectivity index (χ4n) is 3.48. The first kappa shape index (κ1) is 21.1. The Labute approximate surface area is 181 Å². The zero-order valence-electron chi connectivity index (χ0n) is 17.4. The van der Waals surface area contributed by atoms with E-state index in [1.54, 1.807) is 24.7 Å². The number of pyridine rings is 1. The van der Waals surface area contributed by atoms with E-state index >= 15 is 0 Å². The molecule has 4 rings (SSSR count). The first-order valence-corrected chi connectivity index (χ1v) is 9.58. The Balaban J connectivity index is 1.83. The molecule has 1 N–H and O–H groups in total. The molecule has 9 heteroatoms. The smallest absolute Gasteiger partial charge is 0.340 e. The summed E-state index contributed by atoms with van der Waals surface area (Å²) in [5.41, 5.74) is 1.71. The molecule has 2 aromatic carbocycles. The topological polar surface area (TPSA) is 86.1 Å². The van der Waals surface area contributed by atoms with Gasteiger partial charge in [0.05, 0.1) is 40.7 Å². The molecule has 4 aromatic rings. The number of methoxy groups -OCH3 is 1. The van der Waals surface area contributed by atoms with Crippen molar-refractivity contribution >= 4 is 28.6 Å². The van der Waals surface area contributed by atoms with Crippen LogP contribution in [0.25, 0.3) is 22.3 Å². The zero-order chi connectivity index (χ0) is 23.0. The van der Waals surface area contributed by atoms with Crippen LogP contribution in [0, 0.1) is 18.6 Å². The van der Waals surface area contributed by atoms with Crippen molar-refractivity contribution in [2.75, 3.05) is 12.4 Å². The number of hydrogen-bond donors (Lipinski definition) is 1. The number of nitrogens with one attached hydrogen (secondary N) is 1.